The highest BCUT2D eigenvalue weighted by Crippen LogP contribution is 2.26. The van der Waals surface area contributed by atoms with E-state index >= 15 is 0 Å². The molecule has 1 heterocycles. The number of cyclic esters (lactones) is 1. The van der Waals surface area contributed by atoms with Crippen LogP contribution < -0.4 is 0 Å². The van der Waals surface area contributed by atoms with E-state index in [1.165, 1.54) is 18.2 Å². The number of esters is 1. The minimum atomic E-state index is -0.663. The number of aliphatic imine (C=N–C) groups is 1. The van der Waals surface area contributed by atoms with Gasteiger partial charge < -0.3 is 4.74 Å². The van der Waals surface area contributed by atoms with Crippen LogP contribution in [-0.2, 0) is 9.53 Å². The normalized spacial score (nSPS) is 15.9. The van der Waals surface area contributed by atoms with Gasteiger partial charge in [-0.15, -0.1) is 0 Å². The number of hydrogen-bond acceptors (Lipinski definition) is 3. The molecule has 0 atom stereocenters. The molecule has 0 N–H and O–H groups in total. The van der Waals surface area contributed by atoms with Crippen LogP contribution in [0.25, 0.3) is 6.08 Å². The fourth-order valence-electron chi connectivity index (χ4n) is 1.92. The van der Waals surface area contributed by atoms with Crippen molar-refractivity contribution in [1.82, 2.24) is 0 Å². The van der Waals surface area contributed by atoms with Gasteiger partial charge in [0.25, 0.3) is 0 Å². The zero-order chi connectivity index (χ0) is 15.7. The Balaban J connectivity index is 2.00. The van der Waals surface area contributed by atoms with Crippen molar-refractivity contribution in [2.75, 3.05) is 0 Å². The molecule has 6 heteroatoms. The van der Waals surface area contributed by atoms with E-state index < -0.39 is 11.8 Å². The molecule has 0 aromatic heterocycles. The van der Waals surface area contributed by atoms with Crippen LogP contribution >= 0.6 is 23.2 Å². The molecule has 0 aliphatic carbocycles. The van der Waals surface area contributed by atoms with Gasteiger partial charge in [0.2, 0.25) is 5.90 Å². The molecule has 1 aliphatic rings. The first-order chi connectivity index (χ1) is 10.5. The first-order valence-corrected chi connectivity index (χ1v) is 7.03. The molecule has 0 unspecified atom stereocenters. The Morgan fingerprint density at radius 1 is 1.14 bits per heavy atom. The molecular weight excluding hydrogens is 328 g/mol. The van der Waals surface area contributed by atoms with Gasteiger partial charge in [-0.1, -0.05) is 41.4 Å². The van der Waals surface area contributed by atoms with Crippen LogP contribution in [-0.4, -0.2) is 11.9 Å². The molecular formula is C16H8Cl2FNO2. The van der Waals surface area contributed by atoms with Crippen molar-refractivity contribution in [2.24, 2.45) is 4.99 Å². The van der Waals surface area contributed by atoms with Crippen molar-refractivity contribution in [3.8, 4) is 0 Å². The molecule has 0 spiro atoms. The second-order valence-electron chi connectivity index (χ2n) is 4.48. The lowest BCUT2D eigenvalue weighted by Gasteiger charge is -1.99. The molecule has 2 aromatic rings. The van der Waals surface area contributed by atoms with E-state index in [0.29, 0.717) is 15.6 Å². The zero-order valence-electron chi connectivity index (χ0n) is 11.0. The van der Waals surface area contributed by atoms with Crippen LogP contribution in [0.15, 0.2) is 53.2 Å². The van der Waals surface area contributed by atoms with Gasteiger partial charge in [-0.3, -0.25) is 0 Å². The topological polar surface area (TPSA) is 38.7 Å². The van der Waals surface area contributed by atoms with Gasteiger partial charge in [0.05, 0.1) is 5.56 Å². The van der Waals surface area contributed by atoms with Crippen molar-refractivity contribution >= 4 is 41.1 Å². The minimum Gasteiger partial charge on any atom is -0.402 e. The lowest BCUT2D eigenvalue weighted by atomic mass is 10.2. The van der Waals surface area contributed by atoms with E-state index in [-0.39, 0.29) is 17.2 Å². The second kappa shape index (κ2) is 5.91. The number of hydrogen-bond donors (Lipinski definition) is 0. The largest absolute Gasteiger partial charge is 0.402 e. The summed E-state index contributed by atoms with van der Waals surface area (Å²) in [7, 11) is 0. The Bertz CT molecular complexity index is 831. The summed E-state index contributed by atoms with van der Waals surface area (Å²) in [5, 5.41) is 0.860. The van der Waals surface area contributed by atoms with E-state index in [1.807, 2.05) is 0 Å². The maximum atomic E-state index is 13.7. The lowest BCUT2D eigenvalue weighted by molar-refractivity contribution is -0.129. The van der Waals surface area contributed by atoms with Crippen molar-refractivity contribution in [3.63, 3.8) is 0 Å². The summed E-state index contributed by atoms with van der Waals surface area (Å²) in [4.78, 5) is 15.9. The maximum absolute atomic E-state index is 13.7. The molecule has 0 fully saturated rings. The number of carbonyl (C=O) groups is 1. The van der Waals surface area contributed by atoms with E-state index in [0.717, 1.165) is 0 Å². The monoisotopic (exact) mass is 335 g/mol. The molecule has 0 bridgehead atoms. The number of carbonyl (C=O) groups excluding carboxylic acids is 1. The molecule has 22 heavy (non-hydrogen) atoms. The third-order valence-corrected chi connectivity index (χ3v) is 3.54. The average molecular weight is 336 g/mol. The van der Waals surface area contributed by atoms with E-state index in [2.05, 4.69) is 4.99 Å². The Morgan fingerprint density at radius 3 is 2.64 bits per heavy atom. The highest BCUT2D eigenvalue weighted by atomic mass is 35.5. The summed E-state index contributed by atoms with van der Waals surface area (Å²) < 4.78 is 18.7. The van der Waals surface area contributed by atoms with Gasteiger partial charge in [0.1, 0.15) is 5.82 Å². The minimum absolute atomic E-state index is 0.0440. The van der Waals surface area contributed by atoms with Crippen LogP contribution in [0.3, 0.4) is 0 Å². The first kappa shape index (κ1) is 14.8. The van der Waals surface area contributed by atoms with Crippen LogP contribution in [0.2, 0.25) is 10.0 Å². The van der Waals surface area contributed by atoms with Crippen LogP contribution in [0.1, 0.15) is 11.1 Å². The fourth-order valence-corrected chi connectivity index (χ4v) is 2.39. The maximum Gasteiger partial charge on any atom is 0.363 e. The van der Waals surface area contributed by atoms with Gasteiger partial charge in [-0.05, 0) is 35.9 Å². The predicted octanol–water partition coefficient (Wildman–Crippen LogP) is 4.48. The van der Waals surface area contributed by atoms with Gasteiger partial charge in [0, 0.05) is 10.0 Å². The summed E-state index contributed by atoms with van der Waals surface area (Å²) >= 11 is 11.9. The van der Waals surface area contributed by atoms with Gasteiger partial charge >= 0.3 is 5.97 Å². The number of rotatable bonds is 2. The highest BCUT2D eigenvalue weighted by molar-refractivity contribution is 6.35. The smallest absolute Gasteiger partial charge is 0.363 e. The molecule has 2 aromatic carbocycles. The van der Waals surface area contributed by atoms with Crippen LogP contribution in [0, 0.1) is 5.82 Å². The van der Waals surface area contributed by atoms with Crippen molar-refractivity contribution in [2.45, 2.75) is 0 Å². The van der Waals surface area contributed by atoms with E-state index in [9.17, 15) is 9.18 Å². The fraction of sp³-hybridized carbons (Fsp3) is 0. The average Bonchev–Trinajstić information content (AvgIpc) is 2.83. The van der Waals surface area contributed by atoms with Crippen LogP contribution in [0.5, 0.6) is 0 Å². The lowest BCUT2D eigenvalue weighted by Crippen LogP contribution is -2.07. The summed E-state index contributed by atoms with van der Waals surface area (Å²) in [6.07, 6.45) is 1.47. The van der Waals surface area contributed by atoms with Crippen molar-refractivity contribution < 1.29 is 13.9 Å². The summed E-state index contributed by atoms with van der Waals surface area (Å²) in [6.45, 7) is 0. The van der Waals surface area contributed by atoms with Gasteiger partial charge in [-0.2, -0.15) is 0 Å². The zero-order valence-corrected chi connectivity index (χ0v) is 12.5. The van der Waals surface area contributed by atoms with Crippen molar-refractivity contribution in [3.05, 3.63) is 75.2 Å². The molecule has 3 nitrogen and oxygen atoms in total. The molecule has 0 saturated carbocycles. The number of ether oxygens (including phenoxy) is 1. The SMILES string of the molecule is O=C1OC(c2ccccc2F)=N/C1=C/c1ccc(Cl)cc1Cl. The standard InChI is InChI=1S/C16H8Cl2FNO2/c17-10-6-5-9(12(18)8-10)7-14-16(21)22-15(20-14)11-3-1-2-4-13(11)19/h1-8H/b14-7+. The molecule has 0 amide bonds. The third-order valence-electron chi connectivity index (χ3n) is 2.98. The van der Waals surface area contributed by atoms with Gasteiger partial charge in [-0.25, -0.2) is 14.2 Å². The molecule has 0 radical (unpaired) electrons. The molecule has 3 rings (SSSR count). The van der Waals surface area contributed by atoms with Gasteiger partial charge in [0.15, 0.2) is 5.70 Å². The summed E-state index contributed by atoms with van der Waals surface area (Å²) in [5.74, 6) is -1.25. The Hall–Kier alpha value is -2.17. The van der Waals surface area contributed by atoms with E-state index in [1.54, 1.807) is 30.3 Å². The highest BCUT2D eigenvalue weighted by Gasteiger charge is 2.26. The Labute approximate surface area is 135 Å². The second-order valence-corrected chi connectivity index (χ2v) is 5.33. The molecule has 1 aliphatic heterocycles. The quantitative estimate of drug-likeness (QED) is 0.599. The Kier molecular flexibility index (Phi) is 3.96. The Morgan fingerprint density at radius 2 is 1.91 bits per heavy atom. The molecule has 110 valence electrons. The third kappa shape index (κ3) is 2.89. The number of halogens is 3. The van der Waals surface area contributed by atoms with E-state index in [4.69, 9.17) is 27.9 Å². The number of benzene rings is 2. The summed E-state index contributed by atoms with van der Waals surface area (Å²) in [5.41, 5.74) is 0.737. The first-order valence-electron chi connectivity index (χ1n) is 6.27. The molecule has 0 saturated heterocycles. The van der Waals surface area contributed by atoms with Crippen molar-refractivity contribution in [1.29, 1.82) is 0 Å². The summed E-state index contributed by atoms with van der Waals surface area (Å²) in [6, 6.07) is 10.8. The predicted molar refractivity (Wildman–Crippen MR) is 83.5 cm³/mol. The number of nitrogens with zero attached hydrogens (tertiary/aromatic N) is 1. The van der Waals surface area contributed by atoms with Crippen LogP contribution in [0.4, 0.5) is 4.39 Å².